The Morgan fingerprint density at radius 2 is 0.526 bits per heavy atom. The van der Waals surface area contributed by atoms with Crippen molar-refractivity contribution >= 4 is 65.4 Å². The van der Waals surface area contributed by atoms with Crippen LogP contribution in [0.25, 0.3) is 105 Å². The summed E-state index contributed by atoms with van der Waals surface area (Å²) in [5.41, 5.74) is 15.5. The Hall–Kier alpha value is -7.62. The van der Waals surface area contributed by atoms with Gasteiger partial charge in [0.1, 0.15) is 0 Å². The molecule has 0 N–H and O–H groups in total. The zero-order valence-corrected chi connectivity index (χ0v) is 31.0. The zero-order chi connectivity index (χ0) is 37.5. The summed E-state index contributed by atoms with van der Waals surface area (Å²) in [6, 6.07) is 77.4. The number of rotatable bonds is 5. The minimum Gasteiger partial charge on any atom is -0.309 e. The summed E-state index contributed by atoms with van der Waals surface area (Å²) in [5.74, 6) is 0. The third-order valence-corrected chi connectivity index (χ3v) is 11.9. The molecular formula is C54H35N3. The lowest BCUT2D eigenvalue weighted by atomic mass is 10.0. The maximum absolute atomic E-state index is 2.41. The molecule has 0 saturated heterocycles. The SMILES string of the molecule is c1cc(-c2ccc(-n3c4ccccc4c4ccccc43)cc2)cc(-n2c3ccccc3c3cc(-c4ccc(-n5c6ccccc6c6ccccc65)cc4)ccc32)c1. The summed E-state index contributed by atoms with van der Waals surface area (Å²) in [7, 11) is 0. The van der Waals surface area contributed by atoms with Gasteiger partial charge in [0.05, 0.1) is 33.1 Å². The predicted molar refractivity (Wildman–Crippen MR) is 240 cm³/mol. The molecule has 12 aromatic rings. The Bertz CT molecular complexity index is 3400. The Morgan fingerprint density at radius 1 is 0.193 bits per heavy atom. The molecule has 3 heteroatoms. The molecule has 0 aliphatic carbocycles. The smallest absolute Gasteiger partial charge is 0.0541 e. The molecule has 9 aromatic carbocycles. The molecule has 0 fully saturated rings. The first kappa shape index (κ1) is 31.7. The topological polar surface area (TPSA) is 14.8 Å². The second-order valence-electron chi connectivity index (χ2n) is 15.0. The summed E-state index contributed by atoms with van der Waals surface area (Å²) in [6.45, 7) is 0. The van der Waals surface area contributed by atoms with Crippen molar-refractivity contribution in [1.82, 2.24) is 13.7 Å². The fraction of sp³-hybridized carbons (Fsp3) is 0. The van der Waals surface area contributed by atoms with Crippen molar-refractivity contribution in [3.05, 3.63) is 212 Å². The molecule has 266 valence electrons. The summed E-state index contributed by atoms with van der Waals surface area (Å²) >= 11 is 0. The van der Waals surface area contributed by atoms with Gasteiger partial charge in [0.25, 0.3) is 0 Å². The van der Waals surface area contributed by atoms with Gasteiger partial charge in [-0.25, -0.2) is 0 Å². The van der Waals surface area contributed by atoms with Gasteiger partial charge in [0.2, 0.25) is 0 Å². The van der Waals surface area contributed by atoms with E-state index in [1.54, 1.807) is 0 Å². The average Bonchev–Trinajstić information content (AvgIpc) is 3.92. The highest BCUT2D eigenvalue weighted by atomic mass is 15.0. The standard InChI is InChI=1S/C54H35N3/c1-6-19-49-43(14-1)44-15-2-7-20-50(44)55(49)40-29-24-36(25-30-40)38-12-11-13-42(34-38)57-53-23-10-5-18-47(53)48-35-39(28-33-54(48)57)37-26-31-41(32-27-37)56-51-21-8-3-16-45(51)46-17-4-9-22-52(46)56/h1-35H. The lowest BCUT2D eigenvalue weighted by Crippen LogP contribution is -1.95. The van der Waals surface area contributed by atoms with E-state index in [1.807, 2.05) is 0 Å². The van der Waals surface area contributed by atoms with Crippen molar-refractivity contribution in [3.8, 4) is 39.3 Å². The van der Waals surface area contributed by atoms with Crippen LogP contribution < -0.4 is 0 Å². The molecule has 57 heavy (non-hydrogen) atoms. The Labute approximate surface area is 329 Å². The number of aromatic nitrogens is 3. The minimum atomic E-state index is 1.15. The maximum Gasteiger partial charge on any atom is 0.0541 e. The summed E-state index contributed by atoms with van der Waals surface area (Å²) in [5, 5.41) is 7.59. The van der Waals surface area contributed by atoms with Gasteiger partial charge in [-0.1, -0.05) is 133 Å². The van der Waals surface area contributed by atoms with Crippen molar-refractivity contribution in [2.45, 2.75) is 0 Å². The zero-order valence-electron chi connectivity index (χ0n) is 31.0. The molecule has 0 amide bonds. The highest BCUT2D eigenvalue weighted by molar-refractivity contribution is 6.12. The van der Waals surface area contributed by atoms with Crippen LogP contribution in [0.4, 0.5) is 0 Å². The maximum atomic E-state index is 2.41. The van der Waals surface area contributed by atoms with Crippen LogP contribution in [0, 0.1) is 0 Å². The minimum absolute atomic E-state index is 1.15. The van der Waals surface area contributed by atoms with Gasteiger partial charge in [-0.2, -0.15) is 0 Å². The Morgan fingerprint density at radius 3 is 0.965 bits per heavy atom. The quantitative estimate of drug-likeness (QED) is 0.168. The van der Waals surface area contributed by atoms with E-state index in [9.17, 15) is 0 Å². The molecule has 0 unspecified atom stereocenters. The monoisotopic (exact) mass is 725 g/mol. The van der Waals surface area contributed by atoms with Crippen LogP contribution in [-0.2, 0) is 0 Å². The molecular weight excluding hydrogens is 691 g/mol. The number of hydrogen-bond acceptors (Lipinski definition) is 0. The first-order chi connectivity index (χ1) is 28.3. The van der Waals surface area contributed by atoms with Crippen LogP contribution in [0.5, 0.6) is 0 Å². The molecule has 0 bridgehead atoms. The van der Waals surface area contributed by atoms with E-state index >= 15 is 0 Å². The van der Waals surface area contributed by atoms with Crippen molar-refractivity contribution in [1.29, 1.82) is 0 Å². The van der Waals surface area contributed by atoms with Gasteiger partial charge in [-0.3, -0.25) is 0 Å². The van der Waals surface area contributed by atoms with Crippen molar-refractivity contribution in [2.24, 2.45) is 0 Å². The number of benzene rings is 9. The highest BCUT2D eigenvalue weighted by Crippen LogP contribution is 2.38. The van der Waals surface area contributed by atoms with Gasteiger partial charge in [-0.15, -0.1) is 0 Å². The average molecular weight is 726 g/mol. The second-order valence-corrected chi connectivity index (χ2v) is 15.0. The van der Waals surface area contributed by atoms with E-state index in [2.05, 4.69) is 226 Å². The number of nitrogens with zero attached hydrogens (tertiary/aromatic N) is 3. The highest BCUT2D eigenvalue weighted by Gasteiger charge is 2.16. The van der Waals surface area contributed by atoms with E-state index < -0.39 is 0 Å². The third kappa shape index (κ3) is 4.86. The van der Waals surface area contributed by atoms with Gasteiger partial charge in [0.15, 0.2) is 0 Å². The van der Waals surface area contributed by atoms with Crippen molar-refractivity contribution < 1.29 is 0 Å². The van der Waals surface area contributed by atoms with E-state index in [0.717, 1.165) is 17.1 Å². The van der Waals surface area contributed by atoms with E-state index in [0.29, 0.717) is 0 Å². The lowest BCUT2D eigenvalue weighted by molar-refractivity contribution is 1.18. The first-order valence-corrected chi connectivity index (χ1v) is 19.6. The van der Waals surface area contributed by atoms with Crippen LogP contribution in [0.3, 0.4) is 0 Å². The third-order valence-electron chi connectivity index (χ3n) is 11.9. The number of hydrogen-bond donors (Lipinski definition) is 0. The lowest BCUT2D eigenvalue weighted by Gasteiger charge is -2.12. The molecule has 0 saturated carbocycles. The summed E-state index contributed by atoms with van der Waals surface area (Å²) in [4.78, 5) is 0. The van der Waals surface area contributed by atoms with Gasteiger partial charge in [0, 0.05) is 49.4 Å². The van der Waals surface area contributed by atoms with Crippen molar-refractivity contribution in [2.75, 3.05) is 0 Å². The molecule has 0 aliphatic heterocycles. The van der Waals surface area contributed by atoms with Gasteiger partial charge in [-0.05, 0) is 101 Å². The normalized spacial score (nSPS) is 11.9. The summed E-state index contributed by atoms with van der Waals surface area (Å²) in [6.07, 6.45) is 0. The van der Waals surface area contributed by atoms with Crippen LogP contribution in [-0.4, -0.2) is 13.7 Å². The molecule has 3 nitrogen and oxygen atoms in total. The van der Waals surface area contributed by atoms with Crippen LogP contribution in [0.15, 0.2) is 212 Å². The number of fused-ring (bicyclic) bond motifs is 9. The van der Waals surface area contributed by atoms with E-state index in [1.165, 1.54) is 87.7 Å². The number of para-hydroxylation sites is 5. The Kier molecular flexibility index (Phi) is 6.93. The second kappa shape index (κ2) is 12.5. The molecule has 0 aliphatic rings. The molecule has 3 aromatic heterocycles. The predicted octanol–water partition coefficient (Wildman–Crippen LogP) is 14.3. The van der Waals surface area contributed by atoms with Gasteiger partial charge < -0.3 is 13.7 Å². The van der Waals surface area contributed by atoms with Crippen LogP contribution in [0.1, 0.15) is 0 Å². The van der Waals surface area contributed by atoms with Gasteiger partial charge >= 0.3 is 0 Å². The fourth-order valence-electron chi connectivity index (χ4n) is 9.26. The van der Waals surface area contributed by atoms with E-state index in [4.69, 9.17) is 0 Å². The van der Waals surface area contributed by atoms with Crippen LogP contribution >= 0.6 is 0 Å². The molecule has 0 atom stereocenters. The summed E-state index contributed by atoms with van der Waals surface area (Å²) < 4.78 is 7.16. The largest absolute Gasteiger partial charge is 0.309 e. The molecule has 3 heterocycles. The van der Waals surface area contributed by atoms with E-state index in [-0.39, 0.29) is 0 Å². The van der Waals surface area contributed by atoms with Crippen LogP contribution in [0.2, 0.25) is 0 Å². The first-order valence-electron chi connectivity index (χ1n) is 19.6. The molecule has 0 spiro atoms. The fourth-order valence-corrected chi connectivity index (χ4v) is 9.26. The molecule has 12 rings (SSSR count). The molecule has 0 radical (unpaired) electrons. The Balaban J connectivity index is 0.915. The van der Waals surface area contributed by atoms with Crippen molar-refractivity contribution in [3.63, 3.8) is 0 Å².